The van der Waals surface area contributed by atoms with Gasteiger partial charge in [-0.2, -0.15) is 0 Å². The Labute approximate surface area is 184 Å². The summed E-state index contributed by atoms with van der Waals surface area (Å²) in [5.41, 5.74) is 0.837. The Morgan fingerprint density at radius 1 is 1.09 bits per heavy atom. The molecule has 0 spiro atoms. The number of anilines is 1. The Morgan fingerprint density at radius 2 is 1.81 bits per heavy atom. The summed E-state index contributed by atoms with van der Waals surface area (Å²) >= 11 is 0. The second-order valence-electron chi connectivity index (χ2n) is 7.18. The lowest BCUT2D eigenvalue weighted by molar-refractivity contribution is -0.153. The molecule has 0 radical (unpaired) electrons. The Morgan fingerprint density at radius 3 is 2.59 bits per heavy atom. The third-order valence-electron chi connectivity index (χ3n) is 4.80. The van der Waals surface area contributed by atoms with Crippen molar-refractivity contribution >= 4 is 33.4 Å². The maximum Gasteiger partial charge on any atom is 0.331 e. The van der Waals surface area contributed by atoms with E-state index in [1.165, 1.54) is 19.9 Å². The molecule has 2 aliphatic heterocycles. The molecule has 1 unspecified atom stereocenters. The standard InChI is InChI=1S/C21H21N3O7S/c1-12(22-19-15-5-3-4-6-18(15)32(27,28)24-19)21(26)31-13(2)20(25)23-14-7-8-16-17(11-14)30-10-9-29-16/h3-8,11-13H,9-10H2,1-2H3,(H,22,24)(H,23,25)/t12-,13?/m0/s1. The van der Waals surface area contributed by atoms with Gasteiger partial charge < -0.3 is 19.5 Å². The Balaban J connectivity index is 1.39. The van der Waals surface area contributed by atoms with Crippen molar-refractivity contribution < 1.29 is 32.2 Å². The van der Waals surface area contributed by atoms with Gasteiger partial charge in [-0.05, 0) is 38.1 Å². The summed E-state index contributed by atoms with van der Waals surface area (Å²) in [5.74, 6) is -0.153. The molecule has 0 saturated heterocycles. The molecule has 2 N–H and O–H groups in total. The van der Waals surface area contributed by atoms with Crippen LogP contribution in [0.1, 0.15) is 19.4 Å². The number of nitrogens with zero attached hydrogens (tertiary/aromatic N) is 1. The van der Waals surface area contributed by atoms with E-state index in [2.05, 4.69) is 15.0 Å². The van der Waals surface area contributed by atoms with Gasteiger partial charge in [0.15, 0.2) is 17.6 Å². The van der Waals surface area contributed by atoms with E-state index in [0.717, 1.165) is 0 Å². The lowest BCUT2D eigenvalue weighted by Gasteiger charge is -2.19. The number of sulfonamides is 1. The van der Waals surface area contributed by atoms with Crippen molar-refractivity contribution in [1.82, 2.24) is 4.72 Å². The van der Waals surface area contributed by atoms with Crippen LogP contribution >= 0.6 is 0 Å². The third kappa shape index (κ3) is 4.37. The van der Waals surface area contributed by atoms with E-state index < -0.39 is 34.0 Å². The van der Waals surface area contributed by atoms with Crippen LogP contribution in [0.4, 0.5) is 5.69 Å². The first-order valence-electron chi connectivity index (χ1n) is 9.85. The number of carbonyl (C=O) groups is 2. The summed E-state index contributed by atoms with van der Waals surface area (Å²) < 4.78 is 42.8. The number of esters is 1. The van der Waals surface area contributed by atoms with E-state index in [0.29, 0.717) is 36.0 Å². The number of nitrogens with one attached hydrogen (secondary N) is 2. The van der Waals surface area contributed by atoms with Crippen molar-refractivity contribution in [1.29, 1.82) is 0 Å². The van der Waals surface area contributed by atoms with Crippen LogP contribution in [0.3, 0.4) is 0 Å². The molecule has 2 atom stereocenters. The summed E-state index contributed by atoms with van der Waals surface area (Å²) in [4.78, 5) is 29.1. The first kappa shape index (κ1) is 21.6. The zero-order valence-electron chi connectivity index (χ0n) is 17.3. The largest absolute Gasteiger partial charge is 0.486 e. The minimum atomic E-state index is -3.72. The van der Waals surface area contributed by atoms with Crippen molar-refractivity contribution in [3.05, 3.63) is 48.0 Å². The lowest BCUT2D eigenvalue weighted by Crippen LogP contribution is -2.34. The fourth-order valence-corrected chi connectivity index (χ4v) is 4.41. The minimum absolute atomic E-state index is 0.0541. The monoisotopic (exact) mass is 459 g/mol. The maximum absolute atomic E-state index is 12.4. The minimum Gasteiger partial charge on any atom is -0.486 e. The number of hydrogen-bond donors (Lipinski definition) is 2. The number of aliphatic imine (C=N–C) groups is 1. The van der Waals surface area contributed by atoms with Gasteiger partial charge in [-0.3, -0.25) is 14.5 Å². The topological polar surface area (TPSA) is 132 Å². The normalized spacial score (nSPS) is 18.8. The van der Waals surface area contributed by atoms with Crippen LogP contribution in [-0.4, -0.2) is 51.5 Å². The Bertz CT molecular complexity index is 1210. The molecule has 10 nitrogen and oxygen atoms in total. The molecule has 0 fully saturated rings. The van der Waals surface area contributed by atoms with Gasteiger partial charge in [0, 0.05) is 17.3 Å². The first-order chi connectivity index (χ1) is 15.2. The summed E-state index contributed by atoms with van der Waals surface area (Å²) in [6, 6.07) is 10.2. The van der Waals surface area contributed by atoms with Crippen molar-refractivity contribution in [2.75, 3.05) is 18.5 Å². The number of amides is 1. The number of carbonyl (C=O) groups excluding carboxylic acids is 2. The van der Waals surface area contributed by atoms with Gasteiger partial charge >= 0.3 is 5.97 Å². The van der Waals surface area contributed by atoms with Crippen molar-refractivity contribution in [2.24, 2.45) is 4.99 Å². The van der Waals surface area contributed by atoms with Crippen LogP contribution in [0.25, 0.3) is 0 Å². The fourth-order valence-electron chi connectivity index (χ4n) is 3.17. The highest BCUT2D eigenvalue weighted by Crippen LogP contribution is 2.32. The molecular weight excluding hydrogens is 438 g/mol. The van der Waals surface area contributed by atoms with Crippen molar-refractivity contribution in [3.63, 3.8) is 0 Å². The summed E-state index contributed by atoms with van der Waals surface area (Å²) in [6.45, 7) is 3.76. The smallest absolute Gasteiger partial charge is 0.331 e. The molecule has 0 aliphatic carbocycles. The second-order valence-corrected chi connectivity index (χ2v) is 8.83. The highest BCUT2D eigenvalue weighted by atomic mass is 32.2. The van der Waals surface area contributed by atoms with Gasteiger partial charge in [0.25, 0.3) is 15.9 Å². The van der Waals surface area contributed by atoms with Gasteiger partial charge in [-0.25, -0.2) is 13.2 Å². The van der Waals surface area contributed by atoms with Gasteiger partial charge in [-0.1, -0.05) is 12.1 Å². The number of benzene rings is 2. The molecule has 0 aromatic heterocycles. The molecule has 32 heavy (non-hydrogen) atoms. The van der Waals surface area contributed by atoms with E-state index in [1.54, 1.807) is 36.4 Å². The average Bonchev–Trinajstić information content (AvgIpc) is 3.03. The van der Waals surface area contributed by atoms with Gasteiger partial charge in [0.1, 0.15) is 25.1 Å². The van der Waals surface area contributed by atoms with Crippen LogP contribution in [0, 0.1) is 0 Å². The zero-order valence-corrected chi connectivity index (χ0v) is 18.1. The fraction of sp³-hybridized carbons (Fsp3) is 0.286. The SMILES string of the molecule is CC(OC(=O)[C@H](C)N=C1NS(=O)(=O)c2ccccc21)C(=O)Nc1ccc2c(c1)OCCO2. The zero-order chi connectivity index (χ0) is 22.9. The first-order valence-corrected chi connectivity index (χ1v) is 11.3. The predicted octanol–water partition coefficient (Wildman–Crippen LogP) is 1.46. The number of hydrogen-bond acceptors (Lipinski definition) is 8. The van der Waals surface area contributed by atoms with E-state index >= 15 is 0 Å². The van der Waals surface area contributed by atoms with Crippen LogP contribution in [0.5, 0.6) is 11.5 Å². The molecule has 11 heteroatoms. The van der Waals surface area contributed by atoms with Crippen molar-refractivity contribution in [3.8, 4) is 11.5 Å². The maximum atomic E-state index is 12.4. The lowest BCUT2D eigenvalue weighted by atomic mass is 10.2. The van der Waals surface area contributed by atoms with Gasteiger partial charge in [-0.15, -0.1) is 0 Å². The average molecular weight is 459 g/mol. The third-order valence-corrected chi connectivity index (χ3v) is 6.20. The van der Waals surface area contributed by atoms with Crippen LogP contribution in [0.15, 0.2) is 52.4 Å². The van der Waals surface area contributed by atoms with Crippen LogP contribution < -0.4 is 19.5 Å². The summed E-state index contributed by atoms with van der Waals surface area (Å²) in [7, 11) is -3.72. The molecule has 1 amide bonds. The molecule has 168 valence electrons. The Hall–Kier alpha value is -3.60. The molecule has 2 heterocycles. The molecule has 4 rings (SSSR count). The molecule has 0 saturated carbocycles. The highest BCUT2D eigenvalue weighted by molar-refractivity contribution is 7.90. The van der Waals surface area contributed by atoms with E-state index in [-0.39, 0.29) is 10.7 Å². The Kier molecular flexibility index (Phi) is 5.74. The van der Waals surface area contributed by atoms with Crippen molar-refractivity contribution in [2.45, 2.75) is 30.9 Å². The number of ether oxygens (including phenoxy) is 3. The van der Waals surface area contributed by atoms with E-state index in [1.807, 2.05) is 0 Å². The number of rotatable bonds is 5. The second kappa shape index (κ2) is 8.50. The van der Waals surface area contributed by atoms with E-state index in [4.69, 9.17) is 14.2 Å². The molecule has 2 aromatic carbocycles. The molecular formula is C21H21N3O7S. The number of fused-ring (bicyclic) bond motifs is 2. The van der Waals surface area contributed by atoms with Gasteiger partial charge in [0.05, 0.1) is 4.90 Å². The number of amidine groups is 1. The van der Waals surface area contributed by atoms with Crippen LogP contribution in [-0.2, 0) is 24.3 Å². The predicted molar refractivity (Wildman–Crippen MR) is 114 cm³/mol. The molecule has 2 aliphatic rings. The summed E-state index contributed by atoms with van der Waals surface area (Å²) in [6.07, 6.45) is -1.11. The molecule has 0 bridgehead atoms. The molecule has 2 aromatic rings. The quantitative estimate of drug-likeness (QED) is 0.647. The van der Waals surface area contributed by atoms with Crippen LogP contribution in [0.2, 0.25) is 0 Å². The van der Waals surface area contributed by atoms with Gasteiger partial charge in [0.2, 0.25) is 0 Å². The summed E-state index contributed by atoms with van der Waals surface area (Å²) in [5, 5.41) is 2.65. The highest BCUT2D eigenvalue weighted by Gasteiger charge is 2.31. The van der Waals surface area contributed by atoms with E-state index in [9.17, 15) is 18.0 Å².